The van der Waals surface area contributed by atoms with E-state index in [2.05, 4.69) is 38.1 Å². The van der Waals surface area contributed by atoms with Crippen LogP contribution in [-0.4, -0.2) is 25.3 Å². The van der Waals surface area contributed by atoms with Crippen LogP contribution in [-0.2, 0) is 11.3 Å². The van der Waals surface area contributed by atoms with Gasteiger partial charge in [-0.15, -0.1) is 0 Å². The van der Waals surface area contributed by atoms with Gasteiger partial charge in [0, 0.05) is 14.1 Å². The first-order chi connectivity index (χ1) is 8.61. The number of hydroxylamine groups is 2. The van der Waals surface area contributed by atoms with Gasteiger partial charge in [0.2, 0.25) is 0 Å². The number of rotatable bonds is 8. The van der Waals surface area contributed by atoms with Gasteiger partial charge in [-0.2, -0.15) is 5.06 Å². The van der Waals surface area contributed by atoms with E-state index in [9.17, 15) is 0 Å². The Balaban J connectivity index is 2.42. The van der Waals surface area contributed by atoms with Crippen molar-refractivity contribution in [2.75, 3.05) is 14.1 Å². The number of aryl methyl sites for hydroxylation is 2. The molecule has 0 spiro atoms. The molecule has 0 saturated carbocycles. The van der Waals surface area contributed by atoms with Gasteiger partial charge in [-0.05, 0) is 31.7 Å². The molecule has 1 aromatic carbocycles. The lowest BCUT2D eigenvalue weighted by atomic mass is 10.0. The summed E-state index contributed by atoms with van der Waals surface area (Å²) in [7, 11) is 3.93. The monoisotopic (exact) mass is 249 g/mol. The highest BCUT2D eigenvalue weighted by atomic mass is 16.7. The fraction of sp³-hybridized carbons (Fsp3) is 0.625. The molecule has 0 aliphatic rings. The number of nitrogens with zero attached hydrogens (tertiary/aromatic N) is 1. The van der Waals surface area contributed by atoms with E-state index in [0.29, 0.717) is 6.10 Å². The molecule has 0 aromatic heterocycles. The molecule has 1 unspecified atom stereocenters. The molecule has 1 atom stereocenters. The van der Waals surface area contributed by atoms with Gasteiger partial charge in [0.1, 0.15) is 0 Å². The Kier molecular flexibility index (Phi) is 6.99. The van der Waals surface area contributed by atoms with Crippen LogP contribution in [0, 0.1) is 6.92 Å². The second kappa shape index (κ2) is 8.28. The van der Waals surface area contributed by atoms with Gasteiger partial charge in [-0.3, -0.25) is 4.84 Å². The third kappa shape index (κ3) is 6.18. The molecule has 0 saturated heterocycles. The molecule has 0 fully saturated rings. The summed E-state index contributed by atoms with van der Waals surface area (Å²) >= 11 is 0. The van der Waals surface area contributed by atoms with Crippen molar-refractivity contribution in [2.24, 2.45) is 0 Å². The van der Waals surface area contributed by atoms with Crippen LogP contribution in [0.3, 0.4) is 0 Å². The normalized spacial score (nSPS) is 12.9. The minimum Gasteiger partial charge on any atom is -0.296 e. The van der Waals surface area contributed by atoms with Crippen LogP contribution >= 0.6 is 0 Å². The Morgan fingerprint density at radius 3 is 2.33 bits per heavy atom. The second-order valence-electron chi connectivity index (χ2n) is 5.21. The van der Waals surface area contributed by atoms with Gasteiger partial charge in [0.05, 0.1) is 6.10 Å². The maximum Gasteiger partial charge on any atom is 0.0796 e. The van der Waals surface area contributed by atoms with E-state index in [0.717, 1.165) is 19.3 Å². The van der Waals surface area contributed by atoms with Crippen molar-refractivity contribution < 1.29 is 4.84 Å². The summed E-state index contributed by atoms with van der Waals surface area (Å²) in [5.41, 5.74) is 2.73. The molecule has 0 N–H and O–H groups in total. The van der Waals surface area contributed by atoms with Crippen LogP contribution in [0.4, 0.5) is 0 Å². The van der Waals surface area contributed by atoms with Gasteiger partial charge in [0.25, 0.3) is 0 Å². The summed E-state index contributed by atoms with van der Waals surface area (Å²) < 4.78 is 0. The van der Waals surface area contributed by atoms with Crippen LogP contribution in [0.5, 0.6) is 0 Å². The zero-order valence-electron chi connectivity index (χ0n) is 12.3. The fourth-order valence-corrected chi connectivity index (χ4v) is 2.06. The van der Waals surface area contributed by atoms with Crippen LogP contribution in [0.2, 0.25) is 0 Å². The Labute approximate surface area is 112 Å². The van der Waals surface area contributed by atoms with E-state index in [-0.39, 0.29) is 0 Å². The molecule has 102 valence electrons. The standard InChI is InChI=1S/C16H27NO/c1-5-6-7-16(18-17(3)4)13-12-15-10-8-14(2)9-11-15/h8-11,16H,5-7,12-13H2,1-4H3. The zero-order valence-corrected chi connectivity index (χ0v) is 12.3. The minimum absolute atomic E-state index is 0.348. The van der Waals surface area contributed by atoms with Crippen molar-refractivity contribution in [3.8, 4) is 0 Å². The van der Waals surface area contributed by atoms with Crippen molar-refractivity contribution in [1.82, 2.24) is 5.06 Å². The average molecular weight is 249 g/mol. The molecule has 0 aliphatic heterocycles. The van der Waals surface area contributed by atoms with E-state index in [4.69, 9.17) is 4.84 Å². The molecule has 0 amide bonds. The maximum atomic E-state index is 5.83. The molecule has 0 radical (unpaired) electrons. The Morgan fingerprint density at radius 1 is 1.11 bits per heavy atom. The third-order valence-corrected chi connectivity index (χ3v) is 3.12. The summed E-state index contributed by atoms with van der Waals surface area (Å²) in [4.78, 5) is 5.83. The number of hydrogen-bond acceptors (Lipinski definition) is 2. The van der Waals surface area contributed by atoms with Crippen LogP contribution < -0.4 is 0 Å². The first-order valence-electron chi connectivity index (χ1n) is 7.01. The molecular weight excluding hydrogens is 222 g/mol. The predicted molar refractivity (Wildman–Crippen MR) is 77.6 cm³/mol. The highest BCUT2D eigenvalue weighted by molar-refractivity contribution is 5.21. The molecule has 2 nitrogen and oxygen atoms in total. The van der Waals surface area contributed by atoms with E-state index in [1.807, 2.05) is 19.2 Å². The number of benzene rings is 1. The zero-order chi connectivity index (χ0) is 13.4. The summed E-state index contributed by atoms with van der Waals surface area (Å²) in [5.74, 6) is 0. The summed E-state index contributed by atoms with van der Waals surface area (Å²) in [5, 5.41) is 1.83. The van der Waals surface area contributed by atoms with Crippen LogP contribution in [0.1, 0.15) is 43.7 Å². The summed E-state index contributed by atoms with van der Waals surface area (Å²) in [6, 6.07) is 8.82. The van der Waals surface area contributed by atoms with Gasteiger partial charge in [-0.25, -0.2) is 0 Å². The summed E-state index contributed by atoms with van der Waals surface area (Å²) in [6.07, 6.45) is 6.18. The molecule has 1 aromatic rings. The highest BCUT2D eigenvalue weighted by Gasteiger charge is 2.10. The lowest BCUT2D eigenvalue weighted by Gasteiger charge is -2.21. The number of unbranched alkanes of at least 4 members (excludes halogenated alkanes) is 1. The van der Waals surface area contributed by atoms with Crippen molar-refractivity contribution >= 4 is 0 Å². The Morgan fingerprint density at radius 2 is 1.78 bits per heavy atom. The fourth-order valence-electron chi connectivity index (χ4n) is 2.06. The van der Waals surface area contributed by atoms with Gasteiger partial charge < -0.3 is 0 Å². The molecule has 18 heavy (non-hydrogen) atoms. The third-order valence-electron chi connectivity index (χ3n) is 3.12. The van der Waals surface area contributed by atoms with Crippen molar-refractivity contribution in [1.29, 1.82) is 0 Å². The quantitative estimate of drug-likeness (QED) is 0.646. The largest absolute Gasteiger partial charge is 0.296 e. The molecular formula is C16H27NO. The Bertz CT molecular complexity index is 318. The molecule has 2 heteroatoms. The van der Waals surface area contributed by atoms with E-state index in [1.54, 1.807) is 0 Å². The SMILES string of the molecule is CCCCC(CCc1ccc(C)cc1)ON(C)C. The van der Waals surface area contributed by atoms with Crippen molar-refractivity contribution in [3.05, 3.63) is 35.4 Å². The van der Waals surface area contributed by atoms with Crippen molar-refractivity contribution in [3.63, 3.8) is 0 Å². The van der Waals surface area contributed by atoms with Gasteiger partial charge in [-0.1, -0.05) is 49.6 Å². The predicted octanol–water partition coefficient (Wildman–Crippen LogP) is 3.98. The first kappa shape index (κ1) is 15.2. The lowest BCUT2D eigenvalue weighted by Crippen LogP contribution is -2.23. The number of hydrogen-bond donors (Lipinski definition) is 0. The Hall–Kier alpha value is -0.860. The molecule has 0 aliphatic carbocycles. The topological polar surface area (TPSA) is 12.5 Å². The molecule has 0 heterocycles. The average Bonchev–Trinajstić information content (AvgIpc) is 2.34. The smallest absolute Gasteiger partial charge is 0.0796 e. The highest BCUT2D eigenvalue weighted by Crippen LogP contribution is 2.14. The van der Waals surface area contributed by atoms with E-state index >= 15 is 0 Å². The first-order valence-corrected chi connectivity index (χ1v) is 7.01. The van der Waals surface area contributed by atoms with Gasteiger partial charge >= 0.3 is 0 Å². The molecule has 0 bridgehead atoms. The van der Waals surface area contributed by atoms with Gasteiger partial charge in [0.15, 0.2) is 0 Å². The molecule has 1 rings (SSSR count). The van der Waals surface area contributed by atoms with Crippen LogP contribution in [0.15, 0.2) is 24.3 Å². The van der Waals surface area contributed by atoms with Crippen LogP contribution in [0.25, 0.3) is 0 Å². The maximum absolute atomic E-state index is 5.83. The lowest BCUT2D eigenvalue weighted by molar-refractivity contribution is -0.168. The second-order valence-corrected chi connectivity index (χ2v) is 5.21. The summed E-state index contributed by atoms with van der Waals surface area (Å²) in [6.45, 7) is 4.36. The van der Waals surface area contributed by atoms with E-state index < -0.39 is 0 Å². The minimum atomic E-state index is 0.348. The van der Waals surface area contributed by atoms with E-state index in [1.165, 1.54) is 24.0 Å². The van der Waals surface area contributed by atoms with Crippen molar-refractivity contribution in [2.45, 2.75) is 52.1 Å².